The Hall–Kier alpha value is -0.560. The quantitative estimate of drug-likeness (QED) is 0.567. The Kier molecular flexibility index (Phi) is 6.35. The molecule has 0 aliphatic heterocycles. The Bertz CT molecular complexity index is 379. The van der Waals surface area contributed by atoms with Gasteiger partial charge in [0.1, 0.15) is 5.82 Å². The predicted molar refractivity (Wildman–Crippen MR) is 84.7 cm³/mol. The van der Waals surface area contributed by atoms with Crippen LogP contribution >= 0.6 is 11.6 Å². The Morgan fingerprint density at radius 1 is 1.15 bits per heavy atom. The van der Waals surface area contributed by atoms with E-state index in [9.17, 15) is 4.39 Å². The van der Waals surface area contributed by atoms with Gasteiger partial charge in [0.05, 0.1) is 0 Å². The van der Waals surface area contributed by atoms with Gasteiger partial charge in [0.15, 0.2) is 0 Å². The molecule has 1 aliphatic carbocycles. The van der Waals surface area contributed by atoms with Gasteiger partial charge in [0.25, 0.3) is 0 Å². The van der Waals surface area contributed by atoms with Crippen LogP contribution < -0.4 is 0 Å². The molecule has 1 aromatic carbocycles. The normalized spacial score (nSPS) is 24.6. The fraction of sp³-hybridized carbons (Fsp3) is 0.667. The van der Waals surface area contributed by atoms with Crippen molar-refractivity contribution >= 4 is 11.6 Å². The summed E-state index contributed by atoms with van der Waals surface area (Å²) in [5, 5.41) is 0.201. The molecule has 2 heteroatoms. The lowest BCUT2D eigenvalue weighted by molar-refractivity contribution is 0.253. The molecule has 0 heterocycles. The van der Waals surface area contributed by atoms with Crippen LogP contribution in [0.25, 0.3) is 0 Å². The topological polar surface area (TPSA) is 0 Å². The van der Waals surface area contributed by atoms with Crippen LogP contribution in [0.15, 0.2) is 24.3 Å². The van der Waals surface area contributed by atoms with Crippen LogP contribution in [0, 0.1) is 17.7 Å². The van der Waals surface area contributed by atoms with Crippen molar-refractivity contribution in [2.24, 2.45) is 11.8 Å². The Morgan fingerprint density at radius 3 is 2.40 bits per heavy atom. The second-order valence-corrected chi connectivity index (χ2v) is 6.83. The molecule has 1 saturated carbocycles. The van der Waals surface area contributed by atoms with E-state index < -0.39 is 0 Å². The maximum atomic E-state index is 12.9. The summed E-state index contributed by atoms with van der Waals surface area (Å²) in [5.74, 6) is 1.40. The fourth-order valence-electron chi connectivity index (χ4n) is 3.34. The average molecular weight is 297 g/mol. The lowest BCUT2D eigenvalue weighted by Crippen LogP contribution is -2.23. The SMILES string of the molecule is CCCCC1CCC(C(Cl)Cc2ccc(F)cc2)CC1. The summed E-state index contributed by atoms with van der Waals surface area (Å²) < 4.78 is 12.9. The van der Waals surface area contributed by atoms with E-state index in [4.69, 9.17) is 11.6 Å². The third kappa shape index (κ3) is 4.77. The van der Waals surface area contributed by atoms with Crippen LogP contribution in [-0.4, -0.2) is 5.38 Å². The average Bonchev–Trinajstić information content (AvgIpc) is 2.48. The highest BCUT2D eigenvalue weighted by Crippen LogP contribution is 2.36. The van der Waals surface area contributed by atoms with Crippen molar-refractivity contribution in [1.29, 1.82) is 0 Å². The van der Waals surface area contributed by atoms with Crippen LogP contribution in [0.5, 0.6) is 0 Å². The van der Waals surface area contributed by atoms with Crippen molar-refractivity contribution in [3.8, 4) is 0 Å². The van der Waals surface area contributed by atoms with Crippen molar-refractivity contribution in [3.63, 3.8) is 0 Å². The second-order valence-electron chi connectivity index (χ2n) is 6.27. The number of alkyl halides is 1. The van der Waals surface area contributed by atoms with Gasteiger partial charge in [-0.1, -0.05) is 51.2 Å². The van der Waals surface area contributed by atoms with Crippen molar-refractivity contribution in [1.82, 2.24) is 0 Å². The minimum atomic E-state index is -0.170. The van der Waals surface area contributed by atoms with Gasteiger partial charge in [-0.15, -0.1) is 11.6 Å². The van der Waals surface area contributed by atoms with Crippen molar-refractivity contribution in [2.45, 2.75) is 63.7 Å². The summed E-state index contributed by atoms with van der Waals surface area (Å²) in [7, 11) is 0. The van der Waals surface area contributed by atoms with Gasteiger partial charge >= 0.3 is 0 Å². The highest BCUT2D eigenvalue weighted by molar-refractivity contribution is 6.20. The Morgan fingerprint density at radius 2 is 1.80 bits per heavy atom. The van der Waals surface area contributed by atoms with Crippen LogP contribution in [-0.2, 0) is 6.42 Å². The molecular formula is C18H26ClF. The van der Waals surface area contributed by atoms with Gasteiger partial charge in [-0.25, -0.2) is 4.39 Å². The molecule has 0 radical (unpaired) electrons. The van der Waals surface area contributed by atoms with Gasteiger partial charge in [-0.05, 0) is 48.8 Å². The Labute approximate surface area is 127 Å². The zero-order chi connectivity index (χ0) is 14.4. The summed E-state index contributed by atoms with van der Waals surface area (Å²) in [6.45, 7) is 2.27. The molecule has 1 aromatic rings. The van der Waals surface area contributed by atoms with Crippen molar-refractivity contribution < 1.29 is 4.39 Å². The lowest BCUT2D eigenvalue weighted by Gasteiger charge is -2.31. The summed E-state index contributed by atoms with van der Waals surface area (Å²) in [4.78, 5) is 0. The molecular weight excluding hydrogens is 271 g/mol. The van der Waals surface area contributed by atoms with Gasteiger partial charge in [0.2, 0.25) is 0 Å². The molecule has 1 fully saturated rings. The molecule has 20 heavy (non-hydrogen) atoms. The molecule has 0 nitrogen and oxygen atoms in total. The maximum Gasteiger partial charge on any atom is 0.123 e. The van der Waals surface area contributed by atoms with Crippen LogP contribution in [0.4, 0.5) is 4.39 Å². The number of benzene rings is 1. The van der Waals surface area contributed by atoms with E-state index in [1.54, 1.807) is 0 Å². The fourth-order valence-corrected chi connectivity index (χ4v) is 3.77. The van der Waals surface area contributed by atoms with E-state index in [2.05, 4.69) is 6.92 Å². The summed E-state index contributed by atoms with van der Waals surface area (Å²) in [6, 6.07) is 6.77. The number of hydrogen-bond donors (Lipinski definition) is 0. The number of halogens is 2. The van der Waals surface area contributed by atoms with Crippen LogP contribution in [0.3, 0.4) is 0 Å². The first-order valence-electron chi connectivity index (χ1n) is 8.07. The number of unbranched alkanes of at least 4 members (excludes halogenated alkanes) is 1. The number of rotatable bonds is 6. The van der Waals surface area contributed by atoms with E-state index in [1.807, 2.05) is 12.1 Å². The van der Waals surface area contributed by atoms with Gasteiger partial charge in [-0.3, -0.25) is 0 Å². The maximum absolute atomic E-state index is 12.9. The smallest absolute Gasteiger partial charge is 0.123 e. The third-order valence-corrected chi connectivity index (χ3v) is 5.22. The van der Waals surface area contributed by atoms with E-state index >= 15 is 0 Å². The first kappa shape index (κ1) is 15.8. The third-order valence-electron chi connectivity index (χ3n) is 4.71. The van der Waals surface area contributed by atoms with Gasteiger partial charge < -0.3 is 0 Å². The van der Waals surface area contributed by atoms with Crippen LogP contribution in [0.1, 0.15) is 57.4 Å². The van der Waals surface area contributed by atoms with Gasteiger partial charge in [-0.2, -0.15) is 0 Å². The monoisotopic (exact) mass is 296 g/mol. The first-order chi connectivity index (χ1) is 9.69. The molecule has 0 N–H and O–H groups in total. The minimum Gasteiger partial charge on any atom is -0.207 e. The van der Waals surface area contributed by atoms with Crippen molar-refractivity contribution in [2.75, 3.05) is 0 Å². The Balaban J connectivity index is 1.76. The molecule has 0 spiro atoms. The lowest BCUT2D eigenvalue weighted by atomic mass is 9.77. The van der Waals surface area contributed by atoms with Crippen LogP contribution in [0.2, 0.25) is 0 Å². The molecule has 1 atom stereocenters. The molecule has 0 bridgehead atoms. The molecule has 2 rings (SSSR count). The highest BCUT2D eigenvalue weighted by Gasteiger charge is 2.26. The summed E-state index contributed by atoms with van der Waals surface area (Å²) in [6.07, 6.45) is 10.2. The van der Waals surface area contributed by atoms with Crippen molar-refractivity contribution in [3.05, 3.63) is 35.6 Å². The zero-order valence-corrected chi connectivity index (χ0v) is 13.2. The molecule has 112 valence electrons. The first-order valence-corrected chi connectivity index (χ1v) is 8.51. The van der Waals surface area contributed by atoms with Gasteiger partial charge in [0, 0.05) is 5.38 Å². The molecule has 0 aromatic heterocycles. The number of hydrogen-bond acceptors (Lipinski definition) is 0. The summed E-state index contributed by atoms with van der Waals surface area (Å²) >= 11 is 6.59. The minimum absolute atomic E-state index is 0.170. The molecule has 1 unspecified atom stereocenters. The van der Waals surface area contributed by atoms with E-state index in [0.29, 0.717) is 5.92 Å². The van der Waals surface area contributed by atoms with E-state index in [0.717, 1.165) is 17.9 Å². The molecule has 1 aliphatic rings. The second kappa shape index (κ2) is 8.02. The van der Waals surface area contributed by atoms with E-state index in [-0.39, 0.29) is 11.2 Å². The van der Waals surface area contributed by atoms with E-state index in [1.165, 1.54) is 57.1 Å². The predicted octanol–water partition coefficient (Wildman–Crippen LogP) is 5.97. The molecule has 0 amide bonds. The standard InChI is InChI=1S/C18H26ClF/c1-2-3-4-14-5-9-16(10-6-14)18(19)13-15-7-11-17(20)12-8-15/h7-8,11-12,14,16,18H,2-6,9-10,13H2,1H3. The largest absolute Gasteiger partial charge is 0.207 e. The highest BCUT2D eigenvalue weighted by atomic mass is 35.5. The summed E-state index contributed by atoms with van der Waals surface area (Å²) in [5.41, 5.74) is 1.15. The molecule has 0 saturated heterocycles. The zero-order valence-electron chi connectivity index (χ0n) is 12.5.